The maximum atomic E-state index is 4.22. The summed E-state index contributed by atoms with van der Waals surface area (Å²) in [6.45, 7) is 5.33. The Balaban J connectivity index is 2.19. The van der Waals surface area contributed by atoms with Crippen molar-refractivity contribution in [3.8, 4) is 11.1 Å². The number of benzene rings is 2. The Morgan fingerprint density at radius 2 is 1.81 bits per heavy atom. The van der Waals surface area contributed by atoms with Gasteiger partial charge in [-0.15, -0.1) is 0 Å². The molecule has 0 radical (unpaired) electrons. The minimum absolute atomic E-state index is 0.336. The van der Waals surface area contributed by atoms with Gasteiger partial charge < -0.3 is 5.32 Å². The summed E-state index contributed by atoms with van der Waals surface area (Å²) in [6, 6.07) is 17.5. The van der Waals surface area contributed by atoms with Crippen LogP contribution < -0.4 is 5.32 Å². The number of hydrogen-bond acceptors (Lipinski definition) is 2. The topological polar surface area (TPSA) is 24.9 Å². The van der Waals surface area contributed by atoms with E-state index in [4.69, 9.17) is 0 Å². The molecule has 0 spiro atoms. The average molecular weight is 276 g/mol. The molecule has 0 saturated heterocycles. The number of fused-ring (bicyclic) bond motifs is 1. The van der Waals surface area contributed by atoms with E-state index >= 15 is 0 Å². The lowest BCUT2D eigenvalue weighted by molar-refractivity contribution is 0.599. The number of nitrogens with one attached hydrogen (secondary N) is 1. The van der Waals surface area contributed by atoms with Crippen LogP contribution in [-0.4, -0.2) is 11.5 Å². The molecule has 0 bridgehead atoms. The van der Waals surface area contributed by atoms with Gasteiger partial charge in [0.05, 0.1) is 0 Å². The minimum Gasteiger partial charge on any atom is -0.310 e. The maximum absolute atomic E-state index is 4.22. The van der Waals surface area contributed by atoms with E-state index in [-0.39, 0.29) is 0 Å². The van der Waals surface area contributed by atoms with Crippen LogP contribution in [0.15, 0.2) is 60.9 Å². The first-order chi connectivity index (χ1) is 10.3. The molecule has 1 N–H and O–H groups in total. The highest BCUT2D eigenvalue weighted by Gasteiger charge is 2.12. The smallest absolute Gasteiger partial charge is 0.0346 e. The molecule has 2 nitrogen and oxygen atoms in total. The van der Waals surface area contributed by atoms with E-state index in [0.717, 1.165) is 6.54 Å². The zero-order valence-electron chi connectivity index (χ0n) is 12.5. The Morgan fingerprint density at radius 1 is 1.00 bits per heavy atom. The number of rotatable bonds is 4. The lowest BCUT2D eigenvalue weighted by atomic mass is 9.92. The molecule has 0 aliphatic rings. The van der Waals surface area contributed by atoms with Crippen molar-refractivity contribution in [3.05, 3.63) is 66.5 Å². The highest BCUT2D eigenvalue weighted by atomic mass is 14.9. The largest absolute Gasteiger partial charge is 0.310 e. The van der Waals surface area contributed by atoms with Crippen molar-refractivity contribution < 1.29 is 0 Å². The van der Waals surface area contributed by atoms with Crippen molar-refractivity contribution in [2.45, 2.75) is 19.9 Å². The summed E-state index contributed by atoms with van der Waals surface area (Å²) >= 11 is 0. The predicted molar refractivity (Wildman–Crippen MR) is 89.3 cm³/mol. The van der Waals surface area contributed by atoms with Gasteiger partial charge in [-0.25, -0.2) is 0 Å². The first-order valence-electron chi connectivity index (χ1n) is 7.46. The third-order valence-electron chi connectivity index (χ3n) is 3.91. The van der Waals surface area contributed by atoms with Crippen molar-refractivity contribution >= 4 is 10.8 Å². The highest BCUT2D eigenvalue weighted by molar-refractivity contribution is 5.96. The van der Waals surface area contributed by atoms with Gasteiger partial charge in [-0.05, 0) is 41.6 Å². The first-order valence-corrected chi connectivity index (χ1v) is 7.46. The second-order valence-corrected chi connectivity index (χ2v) is 5.27. The molecule has 2 heteroatoms. The molecular formula is C19H20N2. The fourth-order valence-electron chi connectivity index (χ4n) is 2.89. The van der Waals surface area contributed by atoms with Gasteiger partial charge >= 0.3 is 0 Å². The predicted octanol–water partition coefficient (Wildman–Crippen LogP) is 4.57. The molecule has 1 aromatic heterocycles. The van der Waals surface area contributed by atoms with Gasteiger partial charge in [0.2, 0.25) is 0 Å². The minimum atomic E-state index is 0.336. The number of nitrogens with zero attached hydrogens (tertiary/aromatic N) is 1. The summed E-state index contributed by atoms with van der Waals surface area (Å²) in [5.41, 5.74) is 3.90. The summed E-state index contributed by atoms with van der Waals surface area (Å²) in [5.74, 6) is 0. The number of aromatic nitrogens is 1. The molecule has 0 fully saturated rings. The summed E-state index contributed by atoms with van der Waals surface area (Å²) in [5, 5.41) is 5.94. The lowest BCUT2D eigenvalue weighted by Gasteiger charge is -2.18. The fourth-order valence-corrected chi connectivity index (χ4v) is 2.89. The number of pyridine rings is 1. The monoisotopic (exact) mass is 276 g/mol. The second kappa shape index (κ2) is 6.06. The molecular weight excluding hydrogens is 256 g/mol. The van der Waals surface area contributed by atoms with E-state index in [0.29, 0.717) is 6.04 Å². The van der Waals surface area contributed by atoms with Gasteiger partial charge in [0.25, 0.3) is 0 Å². The van der Waals surface area contributed by atoms with Crippen LogP contribution >= 0.6 is 0 Å². The van der Waals surface area contributed by atoms with Gasteiger partial charge in [0, 0.05) is 23.8 Å². The maximum Gasteiger partial charge on any atom is 0.0346 e. The second-order valence-electron chi connectivity index (χ2n) is 5.27. The van der Waals surface area contributed by atoms with Crippen molar-refractivity contribution in [1.29, 1.82) is 0 Å². The van der Waals surface area contributed by atoms with Crippen LogP contribution in [0.2, 0.25) is 0 Å². The molecule has 1 atom stereocenters. The van der Waals surface area contributed by atoms with Crippen LogP contribution in [0.5, 0.6) is 0 Å². The molecule has 1 unspecified atom stereocenters. The summed E-state index contributed by atoms with van der Waals surface area (Å²) in [6.07, 6.45) is 3.79. The van der Waals surface area contributed by atoms with Crippen molar-refractivity contribution in [2.75, 3.05) is 6.54 Å². The van der Waals surface area contributed by atoms with Gasteiger partial charge in [0.15, 0.2) is 0 Å². The van der Waals surface area contributed by atoms with E-state index < -0.39 is 0 Å². The van der Waals surface area contributed by atoms with E-state index in [1.54, 1.807) is 0 Å². The standard InChI is InChI=1S/C19H20N2/c1-3-21-14(2)16-8-4-5-9-18(16)19-10-6-7-15-13-20-12-11-17(15)19/h4-14,21H,3H2,1-2H3. The van der Waals surface area contributed by atoms with Gasteiger partial charge in [-0.3, -0.25) is 4.98 Å². The Labute approximate surface area is 125 Å². The number of hydrogen-bond donors (Lipinski definition) is 1. The molecule has 21 heavy (non-hydrogen) atoms. The van der Waals surface area contributed by atoms with Gasteiger partial charge in [-0.2, -0.15) is 0 Å². The highest BCUT2D eigenvalue weighted by Crippen LogP contribution is 2.33. The molecule has 0 amide bonds. The van der Waals surface area contributed by atoms with E-state index in [9.17, 15) is 0 Å². The zero-order valence-corrected chi connectivity index (χ0v) is 12.5. The van der Waals surface area contributed by atoms with E-state index in [1.165, 1.54) is 27.5 Å². The van der Waals surface area contributed by atoms with E-state index in [2.05, 4.69) is 72.7 Å². The van der Waals surface area contributed by atoms with Crippen LogP contribution in [-0.2, 0) is 0 Å². The van der Waals surface area contributed by atoms with Crippen LogP contribution in [0.25, 0.3) is 21.9 Å². The molecule has 0 aliphatic carbocycles. The Morgan fingerprint density at radius 3 is 2.67 bits per heavy atom. The SMILES string of the molecule is CCNC(C)c1ccccc1-c1cccc2cnccc12. The Bertz CT molecular complexity index is 744. The first kappa shape index (κ1) is 13.8. The van der Waals surface area contributed by atoms with Gasteiger partial charge in [0.1, 0.15) is 0 Å². The molecule has 106 valence electrons. The van der Waals surface area contributed by atoms with E-state index in [1.807, 2.05) is 12.4 Å². The van der Waals surface area contributed by atoms with Crippen molar-refractivity contribution in [3.63, 3.8) is 0 Å². The third kappa shape index (κ3) is 2.67. The van der Waals surface area contributed by atoms with Crippen molar-refractivity contribution in [2.24, 2.45) is 0 Å². The lowest BCUT2D eigenvalue weighted by Crippen LogP contribution is -2.18. The summed E-state index contributed by atoms with van der Waals surface area (Å²) < 4.78 is 0. The molecule has 1 heterocycles. The van der Waals surface area contributed by atoms with Crippen molar-refractivity contribution in [1.82, 2.24) is 10.3 Å². The van der Waals surface area contributed by atoms with Crippen LogP contribution in [0.1, 0.15) is 25.5 Å². The normalized spacial score (nSPS) is 12.5. The van der Waals surface area contributed by atoms with Crippen LogP contribution in [0.3, 0.4) is 0 Å². The van der Waals surface area contributed by atoms with Gasteiger partial charge in [-0.1, -0.05) is 49.4 Å². The summed E-state index contributed by atoms with van der Waals surface area (Å²) in [4.78, 5) is 4.22. The van der Waals surface area contributed by atoms with Crippen LogP contribution in [0, 0.1) is 0 Å². The Kier molecular flexibility index (Phi) is 3.98. The molecule has 0 aliphatic heterocycles. The molecule has 0 saturated carbocycles. The third-order valence-corrected chi connectivity index (χ3v) is 3.91. The van der Waals surface area contributed by atoms with Crippen LogP contribution in [0.4, 0.5) is 0 Å². The molecule has 3 aromatic rings. The zero-order chi connectivity index (χ0) is 14.7. The molecule has 2 aromatic carbocycles. The Hall–Kier alpha value is -2.19. The fraction of sp³-hybridized carbons (Fsp3) is 0.211. The quantitative estimate of drug-likeness (QED) is 0.755. The summed E-state index contributed by atoms with van der Waals surface area (Å²) in [7, 11) is 0. The average Bonchev–Trinajstić information content (AvgIpc) is 2.54. The molecule has 3 rings (SSSR count).